The largest absolute Gasteiger partial charge is 0.494 e. The molecular weight excluding hydrogens is 263 g/mol. The Morgan fingerprint density at radius 3 is 2.63 bits per heavy atom. The summed E-state index contributed by atoms with van der Waals surface area (Å²) < 4.78 is 42.8. The summed E-state index contributed by atoms with van der Waals surface area (Å²) in [4.78, 5) is 10.3. The molecule has 0 saturated heterocycles. The Balaban J connectivity index is 2.88. The van der Waals surface area contributed by atoms with Gasteiger partial charge in [-0.1, -0.05) is 6.07 Å². The second kappa shape index (κ2) is 6.31. The zero-order valence-electron chi connectivity index (χ0n) is 10.3. The maximum atomic E-state index is 12.6. The molecule has 0 atom stereocenters. The first-order valence-corrected chi connectivity index (χ1v) is 5.64. The predicted octanol–water partition coefficient (Wildman–Crippen LogP) is 2.91. The maximum absolute atomic E-state index is 12.6. The molecule has 0 aliphatic heterocycles. The van der Waals surface area contributed by atoms with Crippen molar-refractivity contribution in [3.05, 3.63) is 29.3 Å². The van der Waals surface area contributed by atoms with E-state index in [4.69, 9.17) is 9.84 Å². The molecule has 1 aromatic carbocycles. The first kappa shape index (κ1) is 15.1. The number of nitrogens with one attached hydrogen (secondary N) is 1. The summed E-state index contributed by atoms with van der Waals surface area (Å²) in [7, 11) is 0. The molecule has 1 rings (SSSR count). The number of alkyl halides is 3. The van der Waals surface area contributed by atoms with Crippen LogP contribution in [0.1, 0.15) is 18.1 Å². The number of hydrogen-bond acceptors (Lipinski definition) is 2. The number of benzene rings is 1. The second-order valence-electron chi connectivity index (χ2n) is 3.74. The fraction of sp³-hybridized carbons (Fsp3) is 0.417. The van der Waals surface area contributed by atoms with Crippen LogP contribution in [-0.4, -0.2) is 24.4 Å². The number of rotatable bonds is 5. The molecule has 7 heteroatoms. The van der Waals surface area contributed by atoms with E-state index >= 15 is 0 Å². The second-order valence-corrected chi connectivity index (χ2v) is 3.74. The third-order valence-corrected chi connectivity index (χ3v) is 2.36. The normalized spacial score (nSPS) is 11.2. The zero-order chi connectivity index (χ0) is 14.5. The van der Waals surface area contributed by atoms with Gasteiger partial charge in [-0.2, -0.15) is 13.2 Å². The number of carboxylic acid groups (broad SMARTS) is 1. The number of ether oxygens (including phenoxy) is 1. The van der Waals surface area contributed by atoms with Gasteiger partial charge in [0.1, 0.15) is 5.75 Å². The average molecular weight is 277 g/mol. The van der Waals surface area contributed by atoms with E-state index in [1.54, 1.807) is 6.92 Å². The van der Waals surface area contributed by atoms with Crippen LogP contribution in [0.2, 0.25) is 0 Å². The average Bonchev–Trinajstić information content (AvgIpc) is 2.29. The van der Waals surface area contributed by atoms with Crippen LogP contribution in [0.5, 0.6) is 5.75 Å². The van der Waals surface area contributed by atoms with Gasteiger partial charge in [0.15, 0.2) is 0 Å². The van der Waals surface area contributed by atoms with E-state index in [1.165, 1.54) is 6.07 Å². The van der Waals surface area contributed by atoms with Crippen molar-refractivity contribution in [2.24, 2.45) is 0 Å². The molecule has 1 aromatic rings. The van der Waals surface area contributed by atoms with E-state index in [9.17, 15) is 18.0 Å². The molecule has 0 aliphatic carbocycles. The van der Waals surface area contributed by atoms with Gasteiger partial charge in [0.2, 0.25) is 0 Å². The van der Waals surface area contributed by atoms with E-state index in [-0.39, 0.29) is 25.3 Å². The lowest BCUT2D eigenvalue weighted by Crippen LogP contribution is -2.23. The Labute approximate surface area is 108 Å². The fourth-order valence-corrected chi connectivity index (χ4v) is 1.53. The van der Waals surface area contributed by atoms with E-state index < -0.39 is 17.8 Å². The predicted molar refractivity (Wildman–Crippen MR) is 62.3 cm³/mol. The van der Waals surface area contributed by atoms with Crippen LogP contribution >= 0.6 is 0 Å². The standard InChI is InChI=1S/C12H14F3NO3/c1-2-19-10-7-9(12(13,14)15)4-3-8(10)5-6-16-11(17)18/h3-4,7,16H,2,5-6H2,1H3,(H,17,18). The molecule has 106 valence electrons. The Hall–Kier alpha value is -1.92. The monoisotopic (exact) mass is 277 g/mol. The van der Waals surface area contributed by atoms with E-state index in [1.807, 2.05) is 0 Å². The Kier molecular flexibility index (Phi) is 5.02. The van der Waals surface area contributed by atoms with Crippen molar-refractivity contribution in [3.63, 3.8) is 0 Å². The van der Waals surface area contributed by atoms with Crippen molar-refractivity contribution < 1.29 is 27.8 Å². The van der Waals surface area contributed by atoms with Gasteiger partial charge in [0.05, 0.1) is 12.2 Å². The number of halogens is 3. The summed E-state index contributed by atoms with van der Waals surface area (Å²) in [5, 5.41) is 10.6. The lowest BCUT2D eigenvalue weighted by molar-refractivity contribution is -0.137. The highest BCUT2D eigenvalue weighted by atomic mass is 19.4. The van der Waals surface area contributed by atoms with Gasteiger partial charge in [0.25, 0.3) is 0 Å². The van der Waals surface area contributed by atoms with Gasteiger partial charge in [0, 0.05) is 6.54 Å². The summed E-state index contributed by atoms with van der Waals surface area (Å²) in [6.07, 6.45) is -5.34. The van der Waals surface area contributed by atoms with Crippen LogP contribution in [-0.2, 0) is 12.6 Å². The minimum Gasteiger partial charge on any atom is -0.494 e. The minimum atomic E-state index is -4.43. The molecule has 0 heterocycles. The maximum Gasteiger partial charge on any atom is 0.416 e. The SMILES string of the molecule is CCOc1cc(C(F)(F)F)ccc1CCNC(=O)O. The molecular formula is C12H14F3NO3. The van der Waals surface area contributed by atoms with Crippen molar-refractivity contribution in [1.82, 2.24) is 5.32 Å². The molecule has 1 amide bonds. The number of hydrogen-bond donors (Lipinski definition) is 2. The molecule has 19 heavy (non-hydrogen) atoms. The molecule has 0 saturated carbocycles. The quantitative estimate of drug-likeness (QED) is 0.870. The Morgan fingerprint density at radius 2 is 2.11 bits per heavy atom. The summed E-state index contributed by atoms with van der Waals surface area (Å²) >= 11 is 0. The summed E-state index contributed by atoms with van der Waals surface area (Å²) in [5.74, 6) is 0.129. The number of carbonyl (C=O) groups is 1. The summed E-state index contributed by atoms with van der Waals surface area (Å²) in [6.45, 7) is 2.01. The molecule has 0 fully saturated rings. The molecule has 0 radical (unpaired) electrons. The highest BCUT2D eigenvalue weighted by molar-refractivity contribution is 5.64. The summed E-state index contributed by atoms with van der Waals surface area (Å²) in [6, 6.07) is 3.19. The van der Waals surface area contributed by atoms with Gasteiger partial charge < -0.3 is 15.2 Å². The van der Waals surface area contributed by atoms with E-state index in [0.717, 1.165) is 12.1 Å². The Morgan fingerprint density at radius 1 is 1.42 bits per heavy atom. The minimum absolute atomic E-state index is 0.112. The topological polar surface area (TPSA) is 58.6 Å². The molecule has 4 nitrogen and oxygen atoms in total. The van der Waals surface area contributed by atoms with Crippen LogP contribution in [0, 0.1) is 0 Å². The lowest BCUT2D eigenvalue weighted by Gasteiger charge is -2.13. The highest BCUT2D eigenvalue weighted by Crippen LogP contribution is 2.33. The van der Waals surface area contributed by atoms with Crippen molar-refractivity contribution >= 4 is 6.09 Å². The van der Waals surface area contributed by atoms with Gasteiger partial charge in [-0.3, -0.25) is 0 Å². The summed E-state index contributed by atoms with van der Waals surface area (Å²) in [5.41, 5.74) is -0.255. The van der Waals surface area contributed by atoms with Crippen molar-refractivity contribution in [2.75, 3.05) is 13.2 Å². The molecule has 0 bridgehead atoms. The van der Waals surface area contributed by atoms with Crippen LogP contribution in [0.4, 0.5) is 18.0 Å². The number of amides is 1. The first-order chi connectivity index (χ1) is 8.84. The van der Waals surface area contributed by atoms with Crippen LogP contribution in [0.3, 0.4) is 0 Å². The molecule has 0 aromatic heterocycles. The molecule has 0 aliphatic rings. The van der Waals surface area contributed by atoms with Gasteiger partial charge in [-0.25, -0.2) is 4.79 Å². The van der Waals surface area contributed by atoms with Crippen LogP contribution in [0.15, 0.2) is 18.2 Å². The highest BCUT2D eigenvalue weighted by Gasteiger charge is 2.31. The smallest absolute Gasteiger partial charge is 0.416 e. The molecule has 0 spiro atoms. The fourth-order valence-electron chi connectivity index (χ4n) is 1.53. The van der Waals surface area contributed by atoms with Gasteiger partial charge >= 0.3 is 12.3 Å². The van der Waals surface area contributed by atoms with Crippen LogP contribution in [0.25, 0.3) is 0 Å². The van der Waals surface area contributed by atoms with E-state index in [2.05, 4.69) is 5.32 Å². The van der Waals surface area contributed by atoms with Crippen molar-refractivity contribution in [2.45, 2.75) is 19.5 Å². The van der Waals surface area contributed by atoms with Gasteiger partial charge in [-0.15, -0.1) is 0 Å². The molecule has 2 N–H and O–H groups in total. The third kappa shape index (κ3) is 4.69. The Bertz CT molecular complexity index is 446. The van der Waals surface area contributed by atoms with Crippen molar-refractivity contribution in [1.29, 1.82) is 0 Å². The lowest BCUT2D eigenvalue weighted by atomic mass is 10.1. The first-order valence-electron chi connectivity index (χ1n) is 5.64. The van der Waals surface area contributed by atoms with E-state index in [0.29, 0.717) is 5.56 Å². The zero-order valence-corrected chi connectivity index (χ0v) is 10.3. The van der Waals surface area contributed by atoms with Crippen LogP contribution < -0.4 is 10.1 Å². The van der Waals surface area contributed by atoms with Crippen molar-refractivity contribution in [3.8, 4) is 5.75 Å². The molecule has 0 unspecified atom stereocenters. The van der Waals surface area contributed by atoms with Gasteiger partial charge in [-0.05, 0) is 31.0 Å². The third-order valence-electron chi connectivity index (χ3n) is 2.36.